The third kappa shape index (κ3) is 4.68. The smallest absolute Gasteiger partial charge is 0.240 e. The van der Waals surface area contributed by atoms with Crippen molar-refractivity contribution in [2.75, 3.05) is 44.5 Å². The van der Waals surface area contributed by atoms with Gasteiger partial charge in [-0.2, -0.15) is 0 Å². The quantitative estimate of drug-likeness (QED) is 0.797. The Kier molecular flexibility index (Phi) is 5.64. The highest BCUT2D eigenvalue weighted by molar-refractivity contribution is 7.92. The molecule has 6 nitrogen and oxygen atoms in total. The molecule has 1 saturated heterocycles. The molecule has 2 rings (SSSR count). The monoisotopic (exact) mass is 340 g/mol. The second-order valence-corrected chi connectivity index (χ2v) is 8.30. The van der Waals surface area contributed by atoms with Gasteiger partial charge < -0.3 is 14.5 Å². The van der Waals surface area contributed by atoms with Crippen molar-refractivity contribution in [3.8, 4) is 0 Å². The number of carbonyl (C=O) groups excluding carboxylic acids is 1. The fourth-order valence-electron chi connectivity index (χ4n) is 2.48. The topological polar surface area (TPSA) is 66.9 Å². The van der Waals surface area contributed by atoms with Gasteiger partial charge in [0.25, 0.3) is 0 Å². The van der Waals surface area contributed by atoms with Crippen LogP contribution >= 0.6 is 0 Å². The highest BCUT2D eigenvalue weighted by atomic mass is 32.2. The zero-order valence-electron chi connectivity index (χ0n) is 13.9. The van der Waals surface area contributed by atoms with Crippen LogP contribution in [0.5, 0.6) is 0 Å². The van der Waals surface area contributed by atoms with Gasteiger partial charge in [0.05, 0.1) is 13.2 Å². The minimum atomic E-state index is -3.37. The van der Waals surface area contributed by atoms with E-state index < -0.39 is 15.1 Å². The lowest BCUT2D eigenvalue weighted by Crippen LogP contribution is -2.38. The second kappa shape index (κ2) is 7.31. The number of amides is 1. The molecule has 1 aliphatic rings. The molecule has 1 aliphatic heterocycles. The lowest BCUT2D eigenvalue weighted by atomic mass is 10.1. The molecule has 0 radical (unpaired) electrons. The van der Waals surface area contributed by atoms with Crippen molar-refractivity contribution in [2.45, 2.75) is 18.7 Å². The Morgan fingerprint density at radius 1 is 1.26 bits per heavy atom. The van der Waals surface area contributed by atoms with E-state index in [0.29, 0.717) is 6.54 Å². The van der Waals surface area contributed by atoms with Crippen LogP contribution in [0.25, 0.3) is 0 Å². The average Bonchev–Trinajstić information content (AvgIpc) is 2.54. The predicted molar refractivity (Wildman–Crippen MR) is 90.3 cm³/mol. The summed E-state index contributed by atoms with van der Waals surface area (Å²) in [6, 6.07) is 8.00. The van der Waals surface area contributed by atoms with E-state index in [1.807, 2.05) is 24.3 Å². The lowest BCUT2D eigenvalue weighted by Gasteiger charge is -2.29. The van der Waals surface area contributed by atoms with E-state index in [2.05, 4.69) is 4.90 Å². The van der Waals surface area contributed by atoms with Gasteiger partial charge in [-0.1, -0.05) is 12.1 Å². The van der Waals surface area contributed by atoms with E-state index in [-0.39, 0.29) is 5.91 Å². The normalized spacial score (nSPS) is 16.9. The fourth-order valence-corrected chi connectivity index (χ4v) is 3.03. The molecule has 1 aromatic carbocycles. The van der Waals surface area contributed by atoms with E-state index in [1.54, 1.807) is 7.05 Å². The first-order chi connectivity index (χ1) is 10.8. The SMILES string of the molecule is C[C@H](C(=O)N(C)Cc1ccc(N2CCOCC2)cc1)S(C)(=O)=O. The van der Waals surface area contributed by atoms with E-state index in [9.17, 15) is 13.2 Å². The maximum atomic E-state index is 12.1. The molecule has 1 fully saturated rings. The Labute approximate surface area is 137 Å². The first kappa shape index (κ1) is 17.7. The summed E-state index contributed by atoms with van der Waals surface area (Å²) >= 11 is 0. The number of sulfone groups is 1. The maximum Gasteiger partial charge on any atom is 0.240 e. The number of ether oxygens (including phenoxy) is 1. The first-order valence-corrected chi connectivity index (χ1v) is 9.60. The van der Waals surface area contributed by atoms with Crippen LogP contribution in [0.15, 0.2) is 24.3 Å². The Hall–Kier alpha value is -1.60. The van der Waals surface area contributed by atoms with Gasteiger partial charge in [-0.05, 0) is 24.6 Å². The molecule has 7 heteroatoms. The van der Waals surface area contributed by atoms with Gasteiger partial charge in [0, 0.05) is 38.6 Å². The van der Waals surface area contributed by atoms with Crippen molar-refractivity contribution in [1.29, 1.82) is 0 Å². The van der Waals surface area contributed by atoms with Crippen molar-refractivity contribution >= 4 is 21.4 Å². The summed E-state index contributed by atoms with van der Waals surface area (Å²) in [6.45, 7) is 5.05. The molecule has 0 aliphatic carbocycles. The van der Waals surface area contributed by atoms with Crippen LogP contribution in [0.4, 0.5) is 5.69 Å². The zero-order chi connectivity index (χ0) is 17.0. The first-order valence-electron chi connectivity index (χ1n) is 7.64. The fraction of sp³-hybridized carbons (Fsp3) is 0.562. The molecule has 1 atom stereocenters. The molecule has 0 saturated carbocycles. The maximum absolute atomic E-state index is 12.1. The third-order valence-electron chi connectivity index (χ3n) is 4.10. The van der Waals surface area contributed by atoms with E-state index >= 15 is 0 Å². The number of rotatable bonds is 5. The Morgan fingerprint density at radius 3 is 2.35 bits per heavy atom. The van der Waals surface area contributed by atoms with E-state index in [1.165, 1.54) is 11.8 Å². The van der Waals surface area contributed by atoms with Crippen LogP contribution in [-0.2, 0) is 25.9 Å². The number of hydrogen-bond donors (Lipinski definition) is 0. The minimum Gasteiger partial charge on any atom is -0.378 e. The molecule has 0 bridgehead atoms. The number of benzene rings is 1. The van der Waals surface area contributed by atoms with Gasteiger partial charge in [0.1, 0.15) is 5.25 Å². The molecule has 1 heterocycles. The van der Waals surface area contributed by atoms with Crippen molar-refractivity contribution in [1.82, 2.24) is 4.90 Å². The Balaban J connectivity index is 1.98. The van der Waals surface area contributed by atoms with Gasteiger partial charge in [-0.15, -0.1) is 0 Å². The highest BCUT2D eigenvalue weighted by Crippen LogP contribution is 2.17. The molecule has 128 valence electrons. The van der Waals surface area contributed by atoms with Gasteiger partial charge in [-0.25, -0.2) is 8.42 Å². The second-order valence-electron chi connectivity index (χ2n) is 5.93. The Morgan fingerprint density at radius 2 is 1.83 bits per heavy atom. The van der Waals surface area contributed by atoms with Crippen LogP contribution in [0, 0.1) is 0 Å². The largest absolute Gasteiger partial charge is 0.378 e. The number of hydrogen-bond acceptors (Lipinski definition) is 5. The van der Waals surface area contributed by atoms with Crippen LogP contribution in [-0.4, -0.2) is 64.1 Å². The molecule has 0 N–H and O–H groups in total. The summed E-state index contributed by atoms with van der Waals surface area (Å²) < 4.78 is 28.3. The van der Waals surface area contributed by atoms with Crippen molar-refractivity contribution in [3.05, 3.63) is 29.8 Å². The lowest BCUT2D eigenvalue weighted by molar-refractivity contribution is -0.129. The molecular weight excluding hydrogens is 316 g/mol. The standard InChI is InChI=1S/C16H24N2O4S/c1-13(23(3,20)21)16(19)17(2)12-14-4-6-15(7-5-14)18-8-10-22-11-9-18/h4-7,13H,8-12H2,1-3H3/t13-/m1/s1. The van der Waals surface area contributed by atoms with Gasteiger partial charge in [0.15, 0.2) is 9.84 Å². The Bertz CT molecular complexity index is 637. The van der Waals surface area contributed by atoms with Gasteiger partial charge >= 0.3 is 0 Å². The third-order valence-corrected chi connectivity index (χ3v) is 5.58. The van der Waals surface area contributed by atoms with Gasteiger partial charge in [-0.3, -0.25) is 4.79 Å². The van der Waals surface area contributed by atoms with E-state index in [0.717, 1.165) is 43.8 Å². The summed E-state index contributed by atoms with van der Waals surface area (Å²) in [4.78, 5) is 15.8. The molecule has 0 spiro atoms. The molecular formula is C16H24N2O4S. The van der Waals surface area contributed by atoms with Gasteiger partial charge in [0.2, 0.25) is 5.91 Å². The summed E-state index contributed by atoms with van der Waals surface area (Å²) in [5.74, 6) is -0.384. The summed E-state index contributed by atoms with van der Waals surface area (Å²) in [5, 5.41) is -1.01. The highest BCUT2D eigenvalue weighted by Gasteiger charge is 2.26. The van der Waals surface area contributed by atoms with Crippen molar-refractivity contribution in [3.63, 3.8) is 0 Å². The van der Waals surface area contributed by atoms with Crippen LogP contribution < -0.4 is 4.90 Å². The molecule has 0 unspecified atom stereocenters. The predicted octanol–water partition coefficient (Wildman–Crippen LogP) is 0.915. The van der Waals surface area contributed by atoms with Crippen LogP contribution in [0.1, 0.15) is 12.5 Å². The number of morpholine rings is 1. The van der Waals surface area contributed by atoms with Crippen molar-refractivity contribution in [2.24, 2.45) is 0 Å². The summed E-state index contributed by atoms with van der Waals surface area (Å²) in [7, 11) is -1.75. The van der Waals surface area contributed by atoms with Crippen LogP contribution in [0.3, 0.4) is 0 Å². The van der Waals surface area contributed by atoms with E-state index in [4.69, 9.17) is 4.74 Å². The summed E-state index contributed by atoms with van der Waals surface area (Å²) in [5.41, 5.74) is 2.11. The summed E-state index contributed by atoms with van der Waals surface area (Å²) in [6.07, 6.45) is 1.08. The van der Waals surface area contributed by atoms with Crippen molar-refractivity contribution < 1.29 is 17.9 Å². The minimum absolute atomic E-state index is 0.384. The molecule has 0 aromatic heterocycles. The zero-order valence-corrected chi connectivity index (χ0v) is 14.7. The molecule has 23 heavy (non-hydrogen) atoms. The number of carbonyl (C=O) groups is 1. The molecule has 1 amide bonds. The number of anilines is 1. The van der Waals surface area contributed by atoms with Crippen LogP contribution in [0.2, 0.25) is 0 Å². The average molecular weight is 340 g/mol. The molecule has 1 aromatic rings. The number of nitrogens with zero attached hydrogens (tertiary/aromatic N) is 2.